The molecule has 0 aromatic heterocycles. The fourth-order valence-electron chi connectivity index (χ4n) is 2.74. The highest BCUT2D eigenvalue weighted by atomic mass is 16.5. The molecule has 1 saturated heterocycles. The maximum Gasteiger partial charge on any atom is 0.326 e. The van der Waals surface area contributed by atoms with E-state index in [1.807, 2.05) is 0 Å². The third-order valence-electron chi connectivity index (χ3n) is 4.16. The molecule has 10 heteroatoms. The number of carbonyl (C=O) groups is 5. The molecular formula is C19H24N4O6. The highest BCUT2D eigenvalue weighted by Gasteiger charge is 2.33. The molecule has 1 heterocycles. The minimum Gasteiger partial charge on any atom is -0.447 e. The van der Waals surface area contributed by atoms with Gasteiger partial charge in [0.15, 0.2) is 0 Å². The van der Waals surface area contributed by atoms with Crippen molar-refractivity contribution in [3.05, 3.63) is 35.9 Å². The van der Waals surface area contributed by atoms with Gasteiger partial charge in [0.25, 0.3) is 5.91 Å². The van der Waals surface area contributed by atoms with Crippen molar-refractivity contribution in [3.63, 3.8) is 0 Å². The molecule has 1 aliphatic rings. The molecule has 0 aliphatic carbocycles. The summed E-state index contributed by atoms with van der Waals surface area (Å²) in [6, 6.07) is 7.20. The molecule has 10 nitrogen and oxygen atoms in total. The van der Waals surface area contributed by atoms with Gasteiger partial charge >= 0.3 is 18.0 Å². The van der Waals surface area contributed by atoms with Crippen LogP contribution in [0.3, 0.4) is 0 Å². The molecule has 2 rings (SSSR count). The Morgan fingerprint density at radius 2 is 1.86 bits per heavy atom. The summed E-state index contributed by atoms with van der Waals surface area (Å²) in [5.41, 5.74) is 0.411. The van der Waals surface area contributed by atoms with Crippen LogP contribution in [0.1, 0.15) is 31.4 Å². The molecule has 0 radical (unpaired) electrons. The average molecular weight is 404 g/mol. The molecule has 1 aromatic rings. The van der Waals surface area contributed by atoms with Crippen LogP contribution in [0.25, 0.3) is 0 Å². The Labute approximate surface area is 168 Å². The SMILES string of the molecule is CCNC(=O)NC(=O)[C@@H](OC(=O)CCCN1C(=O)CN(C)C1=O)c1ccccc1. The van der Waals surface area contributed by atoms with Crippen LogP contribution in [0, 0.1) is 0 Å². The number of nitrogens with one attached hydrogen (secondary N) is 2. The fourth-order valence-corrected chi connectivity index (χ4v) is 2.74. The van der Waals surface area contributed by atoms with Crippen molar-refractivity contribution in [2.45, 2.75) is 25.9 Å². The Kier molecular flexibility index (Phi) is 7.70. The predicted molar refractivity (Wildman–Crippen MR) is 101 cm³/mol. The fraction of sp³-hybridized carbons (Fsp3) is 0.421. The molecule has 0 spiro atoms. The summed E-state index contributed by atoms with van der Waals surface area (Å²) in [5.74, 6) is -1.78. The van der Waals surface area contributed by atoms with E-state index >= 15 is 0 Å². The molecule has 1 fully saturated rings. The van der Waals surface area contributed by atoms with E-state index in [0.29, 0.717) is 12.1 Å². The number of imide groups is 2. The first-order valence-corrected chi connectivity index (χ1v) is 9.22. The largest absolute Gasteiger partial charge is 0.447 e. The molecule has 1 aromatic carbocycles. The number of carbonyl (C=O) groups excluding carboxylic acids is 5. The lowest BCUT2D eigenvalue weighted by atomic mass is 10.1. The van der Waals surface area contributed by atoms with E-state index in [2.05, 4.69) is 10.6 Å². The minimum absolute atomic E-state index is 0.0133. The summed E-state index contributed by atoms with van der Waals surface area (Å²) in [7, 11) is 1.52. The number of benzene rings is 1. The van der Waals surface area contributed by atoms with Gasteiger partial charge in [-0.25, -0.2) is 9.59 Å². The zero-order valence-corrected chi connectivity index (χ0v) is 16.3. The lowest BCUT2D eigenvalue weighted by molar-refractivity contribution is -0.156. The van der Waals surface area contributed by atoms with Crippen molar-refractivity contribution in [1.29, 1.82) is 0 Å². The van der Waals surface area contributed by atoms with Crippen LogP contribution >= 0.6 is 0 Å². The van der Waals surface area contributed by atoms with Crippen LogP contribution in [-0.2, 0) is 19.1 Å². The molecule has 0 unspecified atom stereocenters. The van der Waals surface area contributed by atoms with Gasteiger partial charge in [-0.3, -0.25) is 24.6 Å². The second-order valence-electron chi connectivity index (χ2n) is 6.42. The third-order valence-corrected chi connectivity index (χ3v) is 4.16. The van der Waals surface area contributed by atoms with Crippen LogP contribution in [0.15, 0.2) is 30.3 Å². The monoisotopic (exact) mass is 404 g/mol. The number of rotatable bonds is 8. The average Bonchev–Trinajstić information content (AvgIpc) is 2.92. The van der Waals surface area contributed by atoms with E-state index in [1.54, 1.807) is 37.3 Å². The zero-order valence-electron chi connectivity index (χ0n) is 16.3. The maximum atomic E-state index is 12.4. The highest BCUT2D eigenvalue weighted by Crippen LogP contribution is 2.19. The summed E-state index contributed by atoms with van der Waals surface area (Å²) < 4.78 is 5.29. The molecule has 29 heavy (non-hydrogen) atoms. The van der Waals surface area contributed by atoms with Gasteiger partial charge in [-0.2, -0.15) is 0 Å². The Balaban J connectivity index is 1.94. The first kappa shape index (κ1) is 21.9. The van der Waals surface area contributed by atoms with E-state index in [0.717, 1.165) is 4.90 Å². The Bertz CT molecular complexity index is 782. The first-order valence-electron chi connectivity index (χ1n) is 9.22. The van der Waals surface area contributed by atoms with Gasteiger partial charge in [-0.15, -0.1) is 0 Å². The Morgan fingerprint density at radius 3 is 2.45 bits per heavy atom. The second kappa shape index (κ2) is 10.2. The van der Waals surface area contributed by atoms with Crippen LogP contribution in [-0.4, -0.2) is 66.3 Å². The molecule has 1 aliphatic heterocycles. The van der Waals surface area contributed by atoms with Gasteiger partial charge in [0, 0.05) is 32.1 Å². The van der Waals surface area contributed by atoms with Gasteiger partial charge < -0.3 is 15.0 Å². The van der Waals surface area contributed by atoms with Crippen molar-refractivity contribution in [2.24, 2.45) is 0 Å². The summed E-state index contributed by atoms with van der Waals surface area (Å²) in [4.78, 5) is 62.2. The quantitative estimate of drug-likeness (QED) is 0.487. The van der Waals surface area contributed by atoms with Crippen molar-refractivity contribution in [1.82, 2.24) is 20.4 Å². The van der Waals surface area contributed by atoms with Gasteiger partial charge in [-0.05, 0) is 13.3 Å². The van der Waals surface area contributed by atoms with Gasteiger partial charge in [0.2, 0.25) is 12.0 Å². The van der Waals surface area contributed by atoms with E-state index in [9.17, 15) is 24.0 Å². The van der Waals surface area contributed by atoms with Crippen LogP contribution in [0.4, 0.5) is 9.59 Å². The highest BCUT2D eigenvalue weighted by molar-refractivity contribution is 6.01. The normalized spacial score (nSPS) is 14.6. The minimum atomic E-state index is -1.30. The molecule has 0 saturated carbocycles. The molecule has 156 valence electrons. The molecular weight excluding hydrogens is 380 g/mol. The summed E-state index contributed by atoms with van der Waals surface area (Å²) in [6.45, 7) is 2.13. The van der Waals surface area contributed by atoms with E-state index in [-0.39, 0.29) is 31.8 Å². The van der Waals surface area contributed by atoms with Crippen molar-refractivity contribution in [2.75, 3.05) is 26.7 Å². The van der Waals surface area contributed by atoms with Crippen LogP contribution in [0.2, 0.25) is 0 Å². The number of ether oxygens (including phenoxy) is 1. The number of likely N-dealkylation sites (N-methyl/N-ethyl adjacent to an activating group) is 1. The number of urea groups is 2. The lowest BCUT2D eigenvalue weighted by Gasteiger charge is -2.18. The number of hydrogen-bond acceptors (Lipinski definition) is 6. The standard InChI is InChI=1S/C19H24N4O6/c1-3-20-18(27)21-17(26)16(13-8-5-4-6-9-13)29-15(25)10-7-11-23-14(24)12-22(2)19(23)28/h4-6,8-9,16H,3,7,10-12H2,1-2H3,(H2,20,21,26,27)/t16-/m0/s1. The molecule has 1 atom stereocenters. The number of esters is 1. The predicted octanol–water partition coefficient (Wildman–Crippen LogP) is 0.791. The zero-order chi connectivity index (χ0) is 21.4. The smallest absolute Gasteiger partial charge is 0.326 e. The van der Waals surface area contributed by atoms with Gasteiger partial charge in [-0.1, -0.05) is 30.3 Å². The molecule has 2 N–H and O–H groups in total. The summed E-state index contributed by atoms with van der Waals surface area (Å²) in [6.07, 6.45) is -1.20. The summed E-state index contributed by atoms with van der Waals surface area (Å²) >= 11 is 0. The van der Waals surface area contributed by atoms with Crippen molar-refractivity contribution < 1.29 is 28.7 Å². The van der Waals surface area contributed by atoms with Crippen molar-refractivity contribution >= 4 is 29.8 Å². The lowest BCUT2D eigenvalue weighted by Crippen LogP contribution is -2.42. The number of hydrogen-bond donors (Lipinski definition) is 2. The third kappa shape index (κ3) is 6.03. The van der Waals surface area contributed by atoms with Crippen LogP contribution in [0.5, 0.6) is 0 Å². The summed E-state index contributed by atoms with van der Waals surface area (Å²) in [5, 5.41) is 4.56. The van der Waals surface area contributed by atoms with E-state index < -0.39 is 30.0 Å². The van der Waals surface area contributed by atoms with E-state index in [4.69, 9.17) is 4.74 Å². The van der Waals surface area contributed by atoms with Crippen molar-refractivity contribution in [3.8, 4) is 0 Å². The van der Waals surface area contributed by atoms with E-state index in [1.165, 1.54) is 11.9 Å². The number of nitrogens with zero attached hydrogens (tertiary/aromatic N) is 2. The topological polar surface area (TPSA) is 125 Å². The molecule has 0 bridgehead atoms. The van der Waals surface area contributed by atoms with Gasteiger partial charge in [0.1, 0.15) is 6.54 Å². The molecule has 6 amide bonds. The second-order valence-corrected chi connectivity index (χ2v) is 6.42. The van der Waals surface area contributed by atoms with Crippen LogP contribution < -0.4 is 10.6 Å². The van der Waals surface area contributed by atoms with Gasteiger partial charge in [0.05, 0.1) is 0 Å². The first-order chi connectivity index (χ1) is 13.8. The Hall–Kier alpha value is -3.43. The number of amides is 6. The Morgan fingerprint density at radius 1 is 1.17 bits per heavy atom. The maximum absolute atomic E-state index is 12.4.